The number of anilines is 2. The maximum Gasteiger partial charge on any atom is 0.225 e. The molecule has 4 atom stereocenters. The lowest BCUT2D eigenvalue weighted by Gasteiger charge is -2.24. The highest BCUT2D eigenvalue weighted by Crippen LogP contribution is 2.44. The number of nitrogens with zero attached hydrogens (tertiary/aromatic N) is 4. The lowest BCUT2D eigenvalue weighted by atomic mass is 10.0. The van der Waals surface area contributed by atoms with Crippen molar-refractivity contribution in [1.82, 2.24) is 19.9 Å². The van der Waals surface area contributed by atoms with E-state index in [9.17, 15) is 19.7 Å². The number of halogens is 1. The molecular weight excluding hydrogens is 507 g/mol. The molecule has 0 aliphatic heterocycles. The summed E-state index contributed by atoms with van der Waals surface area (Å²) in [6.07, 6.45) is 2.33. The summed E-state index contributed by atoms with van der Waals surface area (Å²) in [5, 5.41) is 38.1. The van der Waals surface area contributed by atoms with Gasteiger partial charge in [0.25, 0.3) is 0 Å². The minimum absolute atomic E-state index is 0.182. The quantitative estimate of drug-likeness (QED) is 0.229. The predicted molar refractivity (Wildman–Crippen MR) is 143 cm³/mol. The molecule has 11 heteroatoms. The first-order valence-corrected chi connectivity index (χ1v) is 13.6. The van der Waals surface area contributed by atoms with Crippen LogP contribution in [0.4, 0.5) is 16.2 Å². The number of aliphatic hydroxyl groups excluding tert-OH is 3. The molecule has 0 amide bonds. The Balaban J connectivity index is 1.39. The van der Waals surface area contributed by atoms with Crippen LogP contribution in [-0.2, 0) is 6.54 Å². The zero-order valence-electron chi connectivity index (χ0n) is 20.8. The van der Waals surface area contributed by atoms with Gasteiger partial charge in [0.2, 0.25) is 5.95 Å². The van der Waals surface area contributed by atoms with Crippen molar-refractivity contribution in [1.29, 1.82) is 0 Å². The Kier molecular flexibility index (Phi) is 6.68. The standard InChI is InChI=1S/C27H29FN6O3S/c1-13-20(26-33-23-19(38-26)8-9-29-21(23)15-4-5-15)25(32-22-16(12-35)10-18(36)24(22)37)34-27(31-13)30-11-14-2-6-17(28)7-3-14/h2-3,6-9,15-16,18,22,24,35-37H,4-5,10-12H2,1H3,(H2,30,31,32,34)/t16-,18+,22+,24+/m0/s1. The van der Waals surface area contributed by atoms with Crippen molar-refractivity contribution in [3.63, 3.8) is 0 Å². The molecule has 4 aromatic rings. The average molecular weight is 537 g/mol. The van der Waals surface area contributed by atoms with Crippen LogP contribution in [0, 0.1) is 18.7 Å². The van der Waals surface area contributed by atoms with Gasteiger partial charge >= 0.3 is 0 Å². The van der Waals surface area contributed by atoms with Crippen molar-refractivity contribution >= 4 is 33.3 Å². The first-order valence-electron chi connectivity index (χ1n) is 12.8. The smallest absolute Gasteiger partial charge is 0.225 e. The van der Waals surface area contributed by atoms with E-state index in [1.54, 1.807) is 12.1 Å². The van der Waals surface area contributed by atoms with Gasteiger partial charge in [-0.1, -0.05) is 12.1 Å². The fraction of sp³-hybridized carbons (Fsp3) is 0.407. The lowest BCUT2D eigenvalue weighted by Crippen LogP contribution is -2.38. The van der Waals surface area contributed by atoms with E-state index in [1.165, 1.54) is 23.5 Å². The third-order valence-corrected chi connectivity index (χ3v) is 8.36. The Labute approximate surface area is 222 Å². The molecule has 2 aliphatic carbocycles. The summed E-state index contributed by atoms with van der Waals surface area (Å²) in [5.74, 6) is 0.606. The Morgan fingerprint density at radius 1 is 1.08 bits per heavy atom. The second kappa shape index (κ2) is 10.1. The van der Waals surface area contributed by atoms with E-state index in [2.05, 4.69) is 20.6 Å². The second-order valence-corrected chi connectivity index (χ2v) is 11.1. The molecule has 0 bridgehead atoms. The number of hydrogen-bond acceptors (Lipinski definition) is 10. The molecule has 198 valence electrons. The molecule has 2 aliphatic rings. The number of aliphatic hydroxyl groups is 3. The third kappa shape index (κ3) is 4.82. The van der Waals surface area contributed by atoms with Gasteiger partial charge in [0, 0.05) is 31.2 Å². The van der Waals surface area contributed by atoms with Gasteiger partial charge < -0.3 is 26.0 Å². The Bertz CT molecular complexity index is 1460. The highest BCUT2D eigenvalue weighted by molar-refractivity contribution is 7.21. The number of fused-ring (bicyclic) bond motifs is 1. The summed E-state index contributed by atoms with van der Waals surface area (Å²) in [6, 6.07) is 7.54. The molecule has 0 unspecified atom stereocenters. The summed E-state index contributed by atoms with van der Waals surface area (Å²) in [6.45, 7) is 2.08. The number of nitrogens with one attached hydrogen (secondary N) is 2. The summed E-state index contributed by atoms with van der Waals surface area (Å²) in [7, 11) is 0. The highest BCUT2D eigenvalue weighted by Gasteiger charge is 2.42. The summed E-state index contributed by atoms with van der Waals surface area (Å²) in [4.78, 5) is 19.0. The zero-order chi connectivity index (χ0) is 26.4. The van der Waals surface area contributed by atoms with Gasteiger partial charge in [0.1, 0.15) is 28.3 Å². The number of hydrogen-bond donors (Lipinski definition) is 5. The normalized spacial score (nSPS) is 23.2. The lowest BCUT2D eigenvalue weighted by molar-refractivity contribution is 0.0390. The van der Waals surface area contributed by atoms with E-state index in [4.69, 9.17) is 9.97 Å². The molecule has 3 aromatic heterocycles. The third-order valence-electron chi connectivity index (χ3n) is 7.32. The van der Waals surface area contributed by atoms with Crippen LogP contribution in [0.1, 0.15) is 42.1 Å². The van der Waals surface area contributed by atoms with E-state index >= 15 is 0 Å². The molecule has 38 heavy (non-hydrogen) atoms. The van der Waals surface area contributed by atoms with E-state index < -0.39 is 18.2 Å². The van der Waals surface area contributed by atoms with E-state index in [0.29, 0.717) is 35.5 Å². The summed E-state index contributed by atoms with van der Waals surface area (Å²) in [5.41, 5.74) is 4.16. The monoisotopic (exact) mass is 536 g/mol. The largest absolute Gasteiger partial charge is 0.396 e. The van der Waals surface area contributed by atoms with Crippen LogP contribution in [0.3, 0.4) is 0 Å². The van der Waals surface area contributed by atoms with E-state index in [-0.39, 0.29) is 24.8 Å². The average Bonchev–Trinajstić information content (AvgIpc) is 3.61. The van der Waals surface area contributed by atoms with Crippen molar-refractivity contribution in [2.75, 3.05) is 17.2 Å². The summed E-state index contributed by atoms with van der Waals surface area (Å²) < 4.78 is 14.3. The maximum absolute atomic E-state index is 13.3. The van der Waals surface area contributed by atoms with Gasteiger partial charge in [-0.2, -0.15) is 4.98 Å². The van der Waals surface area contributed by atoms with E-state index in [0.717, 1.165) is 39.3 Å². The van der Waals surface area contributed by atoms with Gasteiger partial charge in [-0.25, -0.2) is 14.4 Å². The number of pyridine rings is 1. The second-order valence-electron chi connectivity index (χ2n) is 10.1. The summed E-state index contributed by atoms with van der Waals surface area (Å²) >= 11 is 1.53. The molecule has 0 radical (unpaired) electrons. The van der Waals surface area contributed by atoms with Crippen molar-refractivity contribution in [3.8, 4) is 10.6 Å². The van der Waals surface area contributed by atoms with Gasteiger partial charge in [0.05, 0.1) is 33.8 Å². The van der Waals surface area contributed by atoms with Crippen LogP contribution < -0.4 is 10.6 Å². The van der Waals surface area contributed by atoms with Crippen LogP contribution in [0.2, 0.25) is 0 Å². The molecule has 3 heterocycles. The van der Waals surface area contributed by atoms with Crippen molar-refractivity contribution in [2.45, 2.75) is 56.9 Å². The number of rotatable bonds is 8. The fourth-order valence-electron chi connectivity index (χ4n) is 5.10. The highest BCUT2D eigenvalue weighted by atomic mass is 32.1. The van der Waals surface area contributed by atoms with Crippen LogP contribution in [0.25, 0.3) is 20.8 Å². The molecule has 0 spiro atoms. The van der Waals surface area contributed by atoms with Gasteiger partial charge in [-0.3, -0.25) is 4.98 Å². The number of benzene rings is 1. The van der Waals surface area contributed by atoms with Gasteiger partial charge in [-0.15, -0.1) is 11.3 Å². The van der Waals surface area contributed by atoms with E-state index in [1.807, 2.05) is 19.2 Å². The Morgan fingerprint density at radius 3 is 2.61 bits per heavy atom. The van der Waals surface area contributed by atoms with Gasteiger partial charge in [-0.05, 0) is 49.9 Å². The molecule has 2 fully saturated rings. The van der Waals surface area contributed by atoms with Crippen molar-refractivity contribution in [2.24, 2.45) is 5.92 Å². The number of thiazole rings is 1. The zero-order valence-corrected chi connectivity index (χ0v) is 21.6. The minimum atomic E-state index is -1.06. The predicted octanol–water partition coefficient (Wildman–Crippen LogP) is 3.60. The Hall–Kier alpha value is -3.25. The first-order chi connectivity index (χ1) is 18.4. The van der Waals surface area contributed by atoms with Crippen LogP contribution in [0.5, 0.6) is 0 Å². The maximum atomic E-state index is 13.3. The van der Waals surface area contributed by atoms with Crippen molar-refractivity contribution in [3.05, 3.63) is 59.3 Å². The van der Waals surface area contributed by atoms with Crippen LogP contribution in [-0.4, -0.2) is 60.1 Å². The van der Waals surface area contributed by atoms with Crippen LogP contribution >= 0.6 is 11.3 Å². The molecule has 5 N–H and O–H groups in total. The fourth-order valence-corrected chi connectivity index (χ4v) is 6.16. The Morgan fingerprint density at radius 2 is 1.87 bits per heavy atom. The van der Waals surface area contributed by atoms with Gasteiger partial charge in [0.15, 0.2) is 0 Å². The first kappa shape index (κ1) is 25.1. The molecule has 2 saturated carbocycles. The molecule has 1 aromatic carbocycles. The molecule has 9 nitrogen and oxygen atoms in total. The molecule has 0 saturated heterocycles. The topological polar surface area (TPSA) is 136 Å². The molecular formula is C27H29FN6O3S. The van der Waals surface area contributed by atoms with Crippen molar-refractivity contribution < 1.29 is 19.7 Å². The van der Waals surface area contributed by atoms with Crippen LogP contribution in [0.15, 0.2) is 36.5 Å². The number of aryl methyl sites for hydroxylation is 1. The minimum Gasteiger partial charge on any atom is -0.396 e. The SMILES string of the molecule is Cc1nc(NCc2ccc(F)cc2)nc(N[C@@H]2[C@H](CO)C[C@@H](O)[C@H]2O)c1-c1nc2c(C3CC3)nccc2s1. The molecule has 6 rings (SSSR count). The number of aromatic nitrogens is 4.